The molecule has 1 aliphatic rings. The zero-order valence-electron chi connectivity index (χ0n) is 20.8. The van der Waals surface area contributed by atoms with Gasteiger partial charge in [-0.1, -0.05) is 36.4 Å². The van der Waals surface area contributed by atoms with Crippen molar-refractivity contribution in [3.8, 4) is 5.75 Å². The van der Waals surface area contributed by atoms with E-state index >= 15 is 0 Å². The van der Waals surface area contributed by atoms with Gasteiger partial charge in [0.05, 0.1) is 19.8 Å². The molecular weight excluding hydrogens is 474 g/mol. The first-order chi connectivity index (χ1) is 17.5. The molecular formula is C28H33N3O4S. The SMILES string of the molecule is COc1cccc(NC(=O)N(CC(=O)N(Cc2ccccc2)Cc2ccc(C)s2)CC2CCCO2)c1. The molecule has 0 aliphatic carbocycles. The molecule has 190 valence electrons. The van der Waals surface area contributed by atoms with Crippen LogP contribution in [0.25, 0.3) is 0 Å². The molecule has 0 bridgehead atoms. The molecule has 1 N–H and O–H groups in total. The summed E-state index contributed by atoms with van der Waals surface area (Å²) in [6.07, 6.45) is 1.76. The van der Waals surface area contributed by atoms with E-state index in [0.29, 0.717) is 37.7 Å². The molecule has 0 saturated carbocycles. The average Bonchev–Trinajstić information content (AvgIpc) is 3.55. The Kier molecular flexibility index (Phi) is 8.97. The van der Waals surface area contributed by atoms with Crippen LogP contribution in [0.4, 0.5) is 10.5 Å². The number of carbonyl (C=O) groups is 2. The van der Waals surface area contributed by atoms with Crippen LogP contribution < -0.4 is 10.1 Å². The molecule has 8 heteroatoms. The minimum atomic E-state index is -0.335. The second-order valence-electron chi connectivity index (χ2n) is 8.93. The van der Waals surface area contributed by atoms with Gasteiger partial charge < -0.3 is 24.6 Å². The first kappa shape index (κ1) is 25.7. The average molecular weight is 508 g/mol. The summed E-state index contributed by atoms with van der Waals surface area (Å²) in [6.45, 7) is 4.04. The Hall–Kier alpha value is -3.36. The first-order valence-corrected chi connectivity index (χ1v) is 13.0. The van der Waals surface area contributed by atoms with E-state index in [-0.39, 0.29) is 24.6 Å². The molecule has 0 radical (unpaired) electrons. The van der Waals surface area contributed by atoms with Crippen molar-refractivity contribution in [2.75, 3.05) is 32.1 Å². The minimum absolute atomic E-state index is 0.0349. The van der Waals surface area contributed by atoms with Gasteiger partial charge in [-0.05, 0) is 49.6 Å². The number of carbonyl (C=O) groups excluding carboxylic acids is 2. The van der Waals surface area contributed by atoms with Crippen molar-refractivity contribution in [1.29, 1.82) is 0 Å². The van der Waals surface area contributed by atoms with Gasteiger partial charge >= 0.3 is 6.03 Å². The number of anilines is 1. The number of amides is 3. The molecule has 3 amide bonds. The molecule has 36 heavy (non-hydrogen) atoms. The van der Waals surface area contributed by atoms with Crippen LogP contribution in [0.3, 0.4) is 0 Å². The molecule has 7 nitrogen and oxygen atoms in total. The third kappa shape index (κ3) is 7.32. The summed E-state index contributed by atoms with van der Waals surface area (Å²) >= 11 is 1.68. The largest absolute Gasteiger partial charge is 0.497 e. The van der Waals surface area contributed by atoms with Crippen molar-refractivity contribution in [2.24, 2.45) is 0 Å². The lowest BCUT2D eigenvalue weighted by atomic mass is 10.2. The number of methoxy groups -OCH3 is 1. The quantitative estimate of drug-likeness (QED) is 0.404. The van der Waals surface area contributed by atoms with E-state index in [2.05, 4.69) is 24.4 Å². The highest BCUT2D eigenvalue weighted by Gasteiger charge is 2.27. The van der Waals surface area contributed by atoms with Crippen LogP contribution in [0.15, 0.2) is 66.7 Å². The molecule has 2 heterocycles. The highest BCUT2D eigenvalue weighted by atomic mass is 32.1. The summed E-state index contributed by atoms with van der Waals surface area (Å²) in [7, 11) is 1.58. The smallest absolute Gasteiger partial charge is 0.322 e. The van der Waals surface area contributed by atoms with Crippen molar-refractivity contribution >= 4 is 29.0 Å². The number of thiophene rings is 1. The number of ether oxygens (including phenoxy) is 2. The molecule has 1 atom stereocenters. The molecule has 3 aromatic rings. The van der Waals surface area contributed by atoms with Crippen LogP contribution in [0.5, 0.6) is 5.75 Å². The standard InChI is InChI=1S/C28H33N3O4S/c1-21-13-14-26(36-21)19-30(17-22-8-4-3-5-9-22)27(32)20-31(18-25-12-7-15-35-25)28(33)29-23-10-6-11-24(16-23)34-2/h3-6,8-11,13-14,16,25H,7,12,15,17-20H2,1-2H3,(H,29,33). The van der Waals surface area contributed by atoms with E-state index in [1.807, 2.05) is 47.4 Å². The Morgan fingerprint density at radius 1 is 1.06 bits per heavy atom. The highest BCUT2D eigenvalue weighted by molar-refractivity contribution is 7.11. The monoisotopic (exact) mass is 507 g/mol. The van der Waals surface area contributed by atoms with Crippen molar-refractivity contribution in [3.05, 3.63) is 82.0 Å². The van der Waals surface area contributed by atoms with Crippen LogP contribution >= 0.6 is 11.3 Å². The maximum absolute atomic E-state index is 13.6. The number of aryl methyl sites for hydroxylation is 1. The lowest BCUT2D eigenvalue weighted by molar-refractivity contribution is -0.133. The van der Waals surface area contributed by atoms with Gasteiger partial charge in [0.1, 0.15) is 12.3 Å². The lowest BCUT2D eigenvalue weighted by Gasteiger charge is -2.29. The van der Waals surface area contributed by atoms with E-state index in [9.17, 15) is 9.59 Å². The Morgan fingerprint density at radius 3 is 2.58 bits per heavy atom. The summed E-state index contributed by atoms with van der Waals surface area (Å²) in [5.74, 6) is 0.540. The maximum atomic E-state index is 13.6. The highest BCUT2D eigenvalue weighted by Crippen LogP contribution is 2.21. The van der Waals surface area contributed by atoms with Gasteiger partial charge in [0.15, 0.2) is 0 Å². The van der Waals surface area contributed by atoms with Crippen LogP contribution in [0.1, 0.15) is 28.2 Å². The van der Waals surface area contributed by atoms with Crippen molar-refractivity contribution in [1.82, 2.24) is 9.80 Å². The van der Waals surface area contributed by atoms with Crippen molar-refractivity contribution in [3.63, 3.8) is 0 Å². The van der Waals surface area contributed by atoms with Gasteiger partial charge in [-0.15, -0.1) is 11.3 Å². The van der Waals surface area contributed by atoms with Gasteiger partial charge in [-0.25, -0.2) is 4.79 Å². The molecule has 0 spiro atoms. The van der Waals surface area contributed by atoms with Crippen LogP contribution in [-0.4, -0.2) is 54.6 Å². The number of benzene rings is 2. The van der Waals surface area contributed by atoms with Gasteiger partial charge in [-0.2, -0.15) is 0 Å². The van der Waals surface area contributed by atoms with Crippen molar-refractivity contribution < 1.29 is 19.1 Å². The maximum Gasteiger partial charge on any atom is 0.322 e. The normalized spacial score (nSPS) is 14.9. The molecule has 1 saturated heterocycles. The number of hydrogen-bond donors (Lipinski definition) is 1. The molecule has 2 aromatic carbocycles. The van der Waals surface area contributed by atoms with E-state index in [1.54, 1.807) is 35.5 Å². The van der Waals surface area contributed by atoms with Gasteiger partial charge in [0.25, 0.3) is 0 Å². The van der Waals surface area contributed by atoms with Crippen molar-refractivity contribution in [2.45, 2.75) is 39.0 Å². The summed E-state index contributed by atoms with van der Waals surface area (Å²) in [5.41, 5.74) is 1.66. The second-order valence-corrected chi connectivity index (χ2v) is 10.3. The fourth-order valence-corrected chi connectivity index (χ4v) is 5.12. The van der Waals surface area contributed by atoms with Crippen LogP contribution in [0, 0.1) is 6.92 Å². The van der Waals surface area contributed by atoms with E-state index in [0.717, 1.165) is 23.3 Å². The number of urea groups is 1. The van der Waals surface area contributed by atoms with E-state index in [4.69, 9.17) is 9.47 Å². The summed E-state index contributed by atoms with van der Waals surface area (Å²) in [6, 6.07) is 20.9. The Morgan fingerprint density at radius 2 is 1.89 bits per heavy atom. The Balaban J connectivity index is 1.51. The number of rotatable bonds is 10. The topological polar surface area (TPSA) is 71.1 Å². The number of nitrogens with one attached hydrogen (secondary N) is 1. The zero-order valence-corrected chi connectivity index (χ0v) is 21.6. The fraction of sp³-hybridized carbons (Fsp3) is 0.357. The first-order valence-electron chi connectivity index (χ1n) is 12.2. The van der Waals surface area contributed by atoms with Gasteiger partial charge in [0, 0.05) is 41.2 Å². The number of hydrogen-bond acceptors (Lipinski definition) is 5. The summed E-state index contributed by atoms with van der Waals surface area (Å²) in [4.78, 5) is 32.7. The van der Waals surface area contributed by atoms with E-state index < -0.39 is 0 Å². The summed E-state index contributed by atoms with van der Waals surface area (Å²) in [5, 5.41) is 2.92. The van der Waals surface area contributed by atoms with Crippen LogP contribution in [-0.2, 0) is 22.6 Å². The third-order valence-corrected chi connectivity index (χ3v) is 7.08. The zero-order chi connectivity index (χ0) is 25.3. The predicted molar refractivity (Wildman–Crippen MR) is 142 cm³/mol. The fourth-order valence-electron chi connectivity index (χ4n) is 4.21. The van der Waals surface area contributed by atoms with Crippen LogP contribution in [0.2, 0.25) is 0 Å². The Labute approximate surface area is 216 Å². The molecule has 1 fully saturated rings. The lowest BCUT2D eigenvalue weighted by Crippen LogP contribution is -2.46. The second kappa shape index (κ2) is 12.6. The number of nitrogens with zero attached hydrogens (tertiary/aromatic N) is 2. The predicted octanol–water partition coefficient (Wildman–Crippen LogP) is 5.31. The van der Waals surface area contributed by atoms with Gasteiger partial charge in [-0.3, -0.25) is 4.79 Å². The molecule has 1 aromatic heterocycles. The summed E-state index contributed by atoms with van der Waals surface area (Å²) < 4.78 is 11.1. The molecule has 1 unspecified atom stereocenters. The molecule has 4 rings (SSSR count). The molecule has 1 aliphatic heterocycles. The van der Waals surface area contributed by atoms with Gasteiger partial charge in [0.2, 0.25) is 5.91 Å². The minimum Gasteiger partial charge on any atom is -0.497 e. The van der Waals surface area contributed by atoms with E-state index in [1.165, 1.54) is 4.88 Å². The third-order valence-electron chi connectivity index (χ3n) is 6.09. The Bertz CT molecular complexity index is 1140.